The molecule has 2 amide bonds. The fourth-order valence-corrected chi connectivity index (χ4v) is 3.33. The lowest BCUT2D eigenvalue weighted by atomic mass is 9.86. The highest BCUT2D eigenvalue weighted by molar-refractivity contribution is 9.10. The molecule has 1 aliphatic rings. The second-order valence-corrected chi connectivity index (χ2v) is 9.44. The average molecular weight is 459 g/mol. The maximum Gasteiger partial charge on any atom is 0.262 e. The van der Waals surface area contributed by atoms with Gasteiger partial charge in [0.05, 0.1) is 0 Å². The van der Waals surface area contributed by atoms with Crippen molar-refractivity contribution in [2.75, 3.05) is 17.2 Å². The highest BCUT2D eigenvalue weighted by Gasteiger charge is 2.29. The number of ether oxygens (including phenoxy) is 1. The Bertz CT molecular complexity index is 930. The van der Waals surface area contributed by atoms with Crippen molar-refractivity contribution in [2.24, 2.45) is 5.92 Å². The van der Waals surface area contributed by atoms with E-state index in [9.17, 15) is 9.59 Å². The Hall–Kier alpha value is -2.34. The van der Waals surface area contributed by atoms with Crippen molar-refractivity contribution in [1.29, 1.82) is 0 Å². The predicted octanol–water partition coefficient (Wildman–Crippen LogP) is 5.42. The Morgan fingerprint density at radius 1 is 1.10 bits per heavy atom. The molecular weight excluding hydrogens is 432 g/mol. The largest absolute Gasteiger partial charge is 0.483 e. The van der Waals surface area contributed by atoms with Crippen LogP contribution >= 0.6 is 15.9 Å². The number of hydrogen-bond acceptors (Lipinski definition) is 3. The first-order valence-corrected chi connectivity index (χ1v) is 10.6. The SMILES string of the molecule is Cc1ccc(NC(=O)COc2ccc(Br)cc2C(C)(C)C)cc1NC(=O)C1CC1. The van der Waals surface area contributed by atoms with Crippen molar-refractivity contribution in [3.63, 3.8) is 0 Å². The van der Waals surface area contributed by atoms with Crippen molar-refractivity contribution in [2.45, 2.75) is 46.0 Å². The van der Waals surface area contributed by atoms with E-state index < -0.39 is 0 Å². The molecule has 3 rings (SSSR count). The Morgan fingerprint density at radius 3 is 2.48 bits per heavy atom. The first-order valence-electron chi connectivity index (χ1n) is 9.77. The molecule has 0 radical (unpaired) electrons. The van der Waals surface area contributed by atoms with E-state index in [0.717, 1.165) is 34.1 Å². The van der Waals surface area contributed by atoms with Gasteiger partial charge >= 0.3 is 0 Å². The Kier molecular flexibility index (Phi) is 6.32. The zero-order chi connectivity index (χ0) is 21.2. The summed E-state index contributed by atoms with van der Waals surface area (Å²) in [7, 11) is 0. The van der Waals surface area contributed by atoms with Gasteiger partial charge in [0.15, 0.2) is 6.61 Å². The quantitative estimate of drug-likeness (QED) is 0.606. The highest BCUT2D eigenvalue weighted by Crippen LogP contribution is 2.34. The topological polar surface area (TPSA) is 67.4 Å². The van der Waals surface area contributed by atoms with Crippen LogP contribution in [0.15, 0.2) is 40.9 Å². The summed E-state index contributed by atoms with van der Waals surface area (Å²) < 4.78 is 6.78. The van der Waals surface area contributed by atoms with Crippen LogP contribution in [0.4, 0.5) is 11.4 Å². The van der Waals surface area contributed by atoms with Crippen molar-refractivity contribution >= 4 is 39.1 Å². The van der Waals surface area contributed by atoms with Gasteiger partial charge in [0.25, 0.3) is 5.91 Å². The zero-order valence-electron chi connectivity index (χ0n) is 17.3. The third-order valence-electron chi connectivity index (χ3n) is 4.84. The average Bonchev–Trinajstić information content (AvgIpc) is 3.48. The van der Waals surface area contributed by atoms with Gasteiger partial charge in [0, 0.05) is 27.3 Å². The van der Waals surface area contributed by atoms with Crippen LogP contribution in [-0.2, 0) is 15.0 Å². The molecule has 0 bridgehead atoms. The number of aryl methyl sites for hydroxylation is 1. The van der Waals surface area contributed by atoms with E-state index in [1.807, 2.05) is 37.3 Å². The number of hydrogen-bond donors (Lipinski definition) is 2. The van der Waals surface area contributed by atoms with Crippen LogP contribution in [0.5, 0.6) is 5.75 Å². The summed E-state index contributed by atoms with van der Waals surface area (Å²) in [6.45, 7) is 8.14. The maximum atomic E-state index is 12.4. The number of carbonyl (C=O) groups is 2. The molecule has 0 atom stereocenters. The van der Waals surface area contributed by atoms with E-state index in [1.54, 1.807) is 6.07 Å². The molecule has 6 heteroatoms. The maximum absolute atomic E-state index is 12.4. The smallest absolute Gasteiger partial charge is 0.262 e. The van der Waals surface area contributed by atoms with Crippen LogP contribution in [0.1, 0.15) is 44.7 Å². The van der Waals surface area contributed by atoms with Gasteiger partial charge in [-0.1, -0.05) is 42.8 Å². The van der Waals surface area contributed by atoms with E-state index in [4.69, 9.17) is 4.74 Å². The molecule has 2 N–H and O–H groups in total. The summed E-state index contributed by atoms with van der Waals surface area (Å²) in [5.74, 6) is 0.613. The molecule has 0 aromatic heterocycles. The molecule has 0 spiro atoms. The molecular formula is C23H27BrN2O3. The third kappa shape index (κ3) is 5.82. The normalized spacial score (nSPS) is 13.7. The van der Waals surface area contributed by atoms with E-state index in [0.29, 0.717) is 11.4 Å². The van der Waals surface area contributed by atoms with Crippen LogP contribution in [0.25, 0.3) is 0 Å². The van der Waals surface area contributed by atoms with Crippen molar-refractivity contribution < 1.29 is 14.3 Å². The molecule has 0 heterocycles. The lowest BCUT2D eigenvalue weighted by molar-refractivity contribution is -0.118. The molecule has 2 aromatic carbocycles. The minimum atomic E-state index is -0.254. The van der Waals surface area contributed by atoms with Crippen LogP contribution in [0.2, 0.25) is 0 Å². The van der Waals surface area contributed by atoms with Crippen LogP contribution in [0, 0.1) is 12.8 Å². The molecule has 29 heavy (non-hydrogen) atoms. The highest BCUT2D eigenvalue weighted by atomic mass is 79.9. The van der Waals surface area contributed by atoms with Gasteiger partial charge in [-0.15, -0.1) is 0 Å². The fourth-order valence-electron chi connectivity index (χ4n) is 2.97. The lowest BCUT2D eigenvalue weighted by Gasteiger charge is -2.23. The summed E-state index contributed by atoms with van der Waals surface area (Å²) in [5, 5.41) is 5.79. The molecule has 1 fully saturated rings. The minimum Gasteiger partial charge on any atom is -0.483 e. The van der Waals surface area contributed by atoms with Crippen LogP contribution < -0.4 is 15.4 Å². The predicted molar refractivity (Wildman–Crippen MR) is 119 cm³/mol. The third-order valence-corrected chi connectivity index (χ3v) is 5.33. The van der Waals surface area contributed by atoms with Gasteiger partial charge in [-0.2, -0.15) is 0 Å². The summed E-state index contributed by atoms with van der Waals surface area (Å²) in [5.41, 5.74) is 3.23. The first kappa shape index (κ1) is 21.4. The number of amides is 2. The molecule has 0 saturated heterocycles. The summed E-state index contributed by atoms with van der Waals surface area (Å²) >= 11 is 3.49. The van der Waals surface area contributed by atoms with Crippen molar-refractivity contribution in [1.82, 2.24) is 0 Å². The fraction of sp³-hybridized carbons (Fsp3) is 0.391. The summed E-state index contributed by atoms with van der Waals surface area (Å²) in [6, 6.07) is 11.3. The first-order chi connectivity index (χ1) is 13.6. The lowest BCUT2D eigenvalue weighted by Crippen LogP contribution is -2.22. The Labute approximate surface area is 180 Å². The second-order valence-electron chi connectivity index (χ2n) is 8.52. The van der Waals surface area contributed by atoms with Gasteiger partial charge in [-0.3, -0.25) is 9.59 Å². The van der Waals surface area contributed by atoms with Gasteiger partial charge in [-0.25, -0.2) is 0 Å². The van der Waals surface area contributed by atoms with E-state index in [2.05, 4.69) is 47.3 Å². The van der Waals surface area contributed by atoms with Crippen LogP contribution in [-0.4, -0.2) is 18.4 Å². The molecule has 0 unspecified atom stereocenters. The van der Waals surface area contributed by atoms with E-state index >= 15 is 0 Å². The van der Waals surface area contributed by atoms with E-state index in [1.165, 1.54) is 0 Å². The minimum absolute atomic E-state index is 0.0462. The zero-order valence-corrected chi connectivity index (χ0v) is 18.9. The Balaban J connectivity index is 1.63. The van der Waals surface area contributed by atoms with Crippen molar-refractivity contribution in [3.8, 4) is 5.75 Å². The van der Waals surface area contributed by atoms with Gasteiger partial charge in [-0.05, 0) is 61.1 Å². The molecule has 5 nitrogen and oxygen atoms in total. The summed E-state index contributed by atoms with van der Waals surface area (Å²) in [4.78, 5) is 24.5. The van der Waals surface area contributed by atoms with Crippen LogP contribution in [0.3, 0.4) is 0 Å². The molecule has 2 aromatic rings. The standard InChI is InChI=1S/C23H27BrN2O3/c1-14-5-9-17(12-19(14)26-22(28)15-6-7-15)25-21(27)13-29-20-10-8-16(24)11-18(20)23(2,3)4/h5,8-12,15H,6-7,13H2,1-4H3,(H,25,27)(H,26,28). The number of rotatable bonds is 6. The monoisotopic (exact) mass is 458 g/mol. The second kappa shape index (κ2) is 8.57. The number of benzene rings is 2. The van der Waals surface area contributed by atoms with Gasteiger partial charge < -0.3 is 15.4 Å². The number of carbonyl (C=O) groups excluding carboxylic acids is 2. The van der Waals surface area contributed by atoms with Gasteiger partial charge in [0.1, 0.15) is 5.75 Å². The van der Waals surface area contributed by atoms with Gasteiger partial charge in [0.2, 0.25) is 5.91 Å². The van der Waals surface area contributed by atoms with E-state index in [-0.39, 0.29) is 29.8 Å². The molecule has 1 aliphatic carbocycles. The number of anilines is 2. The molecule has 0 aliphatic heterocycles. The van der Waals surface area contributed by atoms with Crippen molar-refractivity contribution in [3.05, 3.63) is 52.0 Å². The molecule has 154 valence electrons. The molecule has 1 saturated carbocycles. The number of halogens is 1. The summed E-state index contributed by atoms with van der Waals surface area (Å²) in [6.07, 6.45) is 1.90. The number of nitrogens with one attached hydrogen (secondary N) is 2. The Morgan fingerprint density at radius 2 is 1.83 bits per heavy atom.